The van der Waals surface area contributed by atoms with Crippen LogP contribution in [0.3, 0.4) is 0 Å². The van der Waals surface area contributed by atoms with E-state index in [1.807, 2.05) is 59.1 Å². The topological polar surface area (TPSA) is 86.9 Å². The van der Waals surface area contributed by atoms with Crippen molar-refractivity contribution in [3.8, 4) is 11.3 Å². The fraction of sp³-hybridized carbons (Fsp3) is 0.286. The third-order valence-corrected chi connectivity index (χ3v) is 4.92. The van der Waals surface area contributed by atoms with E-state index in [0.717, 1.165) is 24.1 Å². The first-order chi connectivity index (χ1) is 13.6. The number of aromatic nitrogens is 2. The Kier molecular flexibility index (Phi) is 5.08. The number of pyridine rings is 1. The fourth-order valence-electron chi connectivity index (χ4n) is 3.50. The van der Waals surface area contributed by atoms with E-state index in [1.54, 1.807) is 0 Å². The summed E-state index contributed by atoms with van der Waals surface area (Å²) in [5.74, 6) is -0.131. The SMILES string of the molecule is O=C(CN1CCCCC(O)C1=O)Nc1c(-c2ccccc2)nc2ccccn12. The van der Waals surface area contributed by atoms with E-state index in [-0.39, 0.29) is 18.4 Å². The molecule has 0 saturated carbocycles. The summed E-state index contributed by atoms with van der Waals surface area (Å²) in [6, 6.07) is 15.3. The van der Waals surface area contributed by atoms with Crippen LogP contribution < -0.4 is 5.32 Å². The molecule has 1 saturated heterocycles. The van der Waals surface area contributed by atoms with Crippen LogP contribution in [0.5, 0.6) is 0 Å². The number of hydrogen-bond acceptors (Lipinski definition) is 4. The summed E-state index contributed by atoms with van der Waals surface area (Å²) >= 11 is 0. The molecule has 1 aromatic carbocycles. The van der Waals surface area contributed by atoms with Crippen LogP contribution in [0.4, 0.5) is 5.82 Å². The van der Waals surface area contributed by atoms with E-state index in [1.165, 1.54) is 4.90 Å². The Balaban J connectivity index is 1.62. The van der Waals surface area contributed by atoms with Crippen LogP contribution in [0.2, 0.25) is 0 Å². The number of hydrogen-bond donors (Lipinski definition) is 2. The van der Waals surface area contributed by atoms with E-state index >= 15 is 0 Å². The lowest BCUT2D eigenvalue weighted by atomic mass is 10.1. The van der Waals surface area contributed by atoms with Crippen molar-refractivity contribution in [2.75, 3.05) is 18.4 Å². The molecule has 0 aliphatic carbocycles. The van der Waals surface area contributed by atoms with Gasteiger partial charge in [0.25, 0.3) is 5.91 Å². The highest BCUT2D eigenvalue weighted by molar-refractivity contribution is 5.97. The summed E-state index contributed by atoms with van der Waals surface area (Å²) in [6.07, 6.45) is 2.82. The van der Waals surface area contributed by atoms with Crippen molar-refractivity contribution in [2.45, 2.75) is 25.4 Å². The molecule has 0 radical (unpaired) electrons. The molecule has 28 heavy (non-hydrogen) atoms. The maximum absolute atomic E-state index is 12.7. The molecule has 144 valence electrons. The highest BCUT2D eigenvalue weighted by atomic mass is 16.3. The van der Waals surface area contributed by atoms with Gasteiger partial charge in [0, 0.05) is 18.3 Å². The molecule has 0 spiro atoms. The molecule has 4 rings (SSSR count). The summed E-state index contributed by atoms with van der Waals surface area (Å²) in [6.45, 7) is 0.381. The van der Waals surface area contributed by atoms with Gasteiger partial charge < -0.3 is 15.3 Å². The normalized spacial score (nSPS) is 17.5. The van der Waals surface area contributed by atoms with Crippen molar-refractivity contribution in [2.24, 2.45) is 0 Å². The first-order valence-corrected chi connectivity index (χ1v) is 9.42. The van der Waals surface area contributed by atoms with Gasteiger partial charge in [-0.1, -0.05) is 36.4 Å². The summed E-state index contributed by atoms with van der Waals surface area (Å²) in [5, 5.41) is 12.8. The molecular weight excluding hydrogens is 356 g/mol. The van der Waals surface area contributed by atoms with Gasteiger partial charge >= 0.3 is 0 Å². The van der Waals surface area contributed by atoms with Crippen molar-refractivity contribution in [3.63, 3.8) is 0 Å². The van der Waals surface area contributed by atoms with Crippen LogP contribution in [0.1, 0.15) is 19.3 Å². The van der Waals surface area contributed by atoms with Gasteiger partial charge in [0.1, 0.15) is 23.3 Å². The molecule has 1 atom stereocenters. The highest BCUT2D eigenvalue weighted by Crippen LogP contribution is 2.28. The average molecular weight is 378 g/mol. The lowest BCUT2D eigenvalue weighted by Crippen LogP contribution is -2.42. The number of nitrogens with one attached hydrogen (secondary N) is 1. The number of likely N-dealkylation sites (tertiary alicyclic amines) is 1. The summed E-state index contributed by atoms with van der Waals surface area (Å²) in [7, 11) is 0. The van der Waals surface area contributed by atoms with Gasteiger partial charge in [-0.05, 0) is 31.4 Å². The predicted octanol–water partition coefficient (Wildman–Crippen LogP) is 2.31. The molecular formula is C21H22N4O3. The summed E-state index contributed by atoms with van der Waals surface area (Å²) < 4.78 is 1.82. The maximum Gasteiger partial charge on any atom is 0.251 e. The number of imidazole rings is 1. The van der Waals surface area contributed by atoms with E-state index in [4.69, 9.17) is 0 Å². The third-order valence-electron chi connectivity index (χ3n) is 4.92. The number of anilines is 1. The first-order valence-electron chi connectivity index (χ1n) is 9.42. The Morgan fingerprint density at radius 1 is 1.14 bits per heavy atom. The molecule has 2 aromatic heterocycles. The Hall–Kier alpha value is -3.19. The zero-order valence-corrected chi connectivity index (χ0v) is 15.4. The second kappa shape index (κ2) is 7.82. The van der Waals surface area contributed by atoms with Crippen LogP contribution in [0, 0.1) is 0 Å². The van der Waals surface area contributed by atoms with Gasteiger partial charge in [0.2, 0.25) is 5.91 Å². The quantitative estimate of drug-likeness (QED) is 0.729. The van der Waals surface area contributed by atoms with Crippen molar-refractivity contribution in [3.05, 3.63) is 54.7 Å². The minimum atomic E-state index is -1.02. The van der Waals surface area contributed by atoms with E-state index in [0.29, 0.717) is 24.5 Å². The van der Waals surface area contributed by atoms with Gasteiger partial charge in [-0.2, -0.15) is 0 Å². The van der Waals surface area contributed by atoms with Crippen LogP contribution in [-0.2, 0) is 9.59 Å². The zero-order valence-electron chi connectivity index (χ0n) is 15.4. The third kappa shape index (κ3) is 3.61. The molecule has 7 heteroatoms. The predicted molar refractivity (Wildman–Crippen MR) is 106 cm³/mol. The smallest absolute Gasteiger partial charge is 0.251 e. The minimum absolute atomic E-state index is 0.0931. The fourth-order valence-corrected chi connectivity index (χ4v) is 3.50. The average Bonchev–Trinajstić information content (AvgIpc) is 3.00. The van der Waals surface area contributed by atoms with E-state index < -0.39 is 6.10 Å². The summed E-state index contributed by atoms with van der Waals surface area (Å²) in [5.41, 5.74) is 2.28. The van der Waals surface area contributed by atoms with E-state index in [9.17, 15) is 14.7 Å². The van der Waals surface area contributed by atoms with Crippen molar-refractivity contribution in [1.29, 1.82) is 0 Å². The largest absolute Gasteiger partial charge is 0.383 e. The Morgan fingerprint density at radius 3 is 2.75 bits per heavy atom. The molecule has 7 nitrogen and oxygen atoms in total. The Bertz CT molecular complexity index is 999. The van der Waals surface area contributed by atoms with Crippen LogP contribution in [0.25, 0.3) is 16.9 Å². The maximum atomic E-state index is 12.7. The number of rotatable bonds is 4. The number of benzene rings is 1. The standard InChI is InChI=1S/C21H22N4O3/c26-16-10-4-6-12-24(21(16)28)14-18(27)23-20-19(15-8-2-1-3-9-15)22-17-11-5-7-13-25(17)20/h1-3,5,7-9,11,13,16,26H,4,6,10,12,14H2,(H,23,27). The summed E-state index contributed by atoms with van der Waals surface area (Å²) in [4.78, 5) is 31.1. The van der Waals surface area contributed by atoms with Gasteiger partial charge in [-0.3, -0.25) is 14.0 Å². The van der Waals surface area contributed by atoms with Gasteiger partial charge in [0.15, 0.2) is 0 Å². The highest BCUT2D eigenvalue weighted by Gasteiger charge is 2.27. The molecule has 1 fully saturated rings. The zero-order chi connectivity index (χ0) is 19.5. The number of nitrogens with zero attached hydrogens (tertiary/aromatic N) is 3. The number of aliphatic hydroxyl groups is 1. The molecule has 3 aromatic rings. The van der Waals surface area contributed by atoms with E-state index in [2.05, 4.69) is 10.3 Å². The number of fused-ring (bicyclic) bond motifs is 1. The molecule has 1 unspecified atom stereocenters. The van der Waals surface area contributed by atoms with Crippen molar-refractivity contribution >= 4 is 23.3 Å². The second-order valence-electron chi connectivity index (χ2n) is 6.92. The number of amides is 2. The van der Waals surface area contributed by atoms with Crippen molar-refractivity contribution in [1.82, 2.24) is 14.3 Å². The molecule has 2 N–H and O–H groups in total. The molecule has 2 amide bonds. The van der Waals surface area contributed by atoms with Crippen LogP contribution >= 0.6 is 0 Å². The molecule has 0 bridgehead atoms. The number of carbonyl (C=O) groups excluding carboxylic acids is 2. The lowest BCUT2D eigenvalue weighted by Gasteiger charge is -2.21. The Labute approximate surface area is 162 Å². The van der Waals surface area contributed by atoms with Gasteiger partial charge in [-0.15, -0.1) is 0 Å². The molecule has 1 aliphatic heterocycles. The first kappa shape index (κ1) is 18.2. The Morgan fingerprint density at radius 2 is 1.93 bits per heavy atom. The number of carbonyl (C=O) groups is 2. The minimum Gasteiger partial charge on any atom is -0.383 e. The van der Waals surface area contributed by atoms with Gasteiger partial charge in [0.05, 0.1) is 6.54 Å². The van der Waals surface area contributed by atoms with Crippen LogP contribution in [0.15, 0.2) is 54.7 Å². The molecule has 1 aliphatic rings. The lowest BCUT2D eigenvalue weighted by molar-refractivity contribution is -0.141. The number of aliphatic hydroxyl groups excluding tert-OH is 1. The molecule has 3 heterocycles. The monoisotopic (exact) mass is 378 g/mol. The second-order valence-corrected chi connectivity index (χ2v) is 6.92. The van der Waals surface area contributed by atoms with Crippen LogP contribution in [-0.4, -0.2) is 50.4 Å². The van der Waals surface area contributed by atoms with Gasteiger partial charge in [-0.25, -0.2) is 4.98 Å². The van der Waals surface area contributed by atoms with Crippen molar-refractivity contribution < 1.29 is 14.7 Å².